The Morgan fingerprint density at radius 3 is 2.21 bits per heavy atom. The number of rotatable bonds is 4. The van der Waals surface area contributed by atoms with E-state index in [1.54, 1.807) is 22.3 Å². The SMILES string of the molecule is CCCc1cc(C)cc(C2CCC(c3cc(C)ccc3C)C2)c1C. The van der Waals surface area contributed by atoms with Crippen molar-refractivity contribution in [1.29, 1.82) is 0 Å². The van der Waals surface area contributed by atoms with Gasteiger partial charge in [-0.15, -0.1) is 0 Å². The number of hydrogen-bond donors (Lipinski definition) is 0. The second-order valence-corrected chi connectivity index (χ2v) is 7.96. The molecule has 1 saturated carbocycles. The molecule has 3 rings (SSSR count). The molecule has 1 aliphatic carbocycles. The molecule has 0 saturated heterocycles. The van der Waals surface area contributed by atoms with Crippen LogP contribution in [-0.4, -0.2) is 0 Å². The van der Waals surface area contributed by atoms with Crippen molar-refractivity contribution in [2.45, 2.75) is 78.6 Å². The van der Waals surface area contributed by atoms with Gasteiger partial charge in [-0.2, -0.15) is 0 Å². The molecule has 0 N–H and O–H groups in total. The molecule has 0 heterocycles. The second kappa shape index (κ2) is 7.13. The van der Waals surface area contributed by atoms with Crippen molar-refractivity contribution in [2.75, 3.05) is 0 Å². The summed E-state index contributed by atoms with van der Waals surface area (Å²) in [6.07, 6.45) is 6.45. The van der Waals surface area contributed by atoms with E-state index < -0.39 is 0 Å². The summed E-state index contributed by atoms with van der Waals surface area (Å²) in [4.78, 5) is 0. The van der Waals surface area contributed by atoms with Crippen LogP contribution in [-0.2, 0) is 6.42 Å². The summed E-state index contributed by atoms with van der Waals surface area (Å²) in [5.74, 6) is 1.48. The van der Waals surface area contributed by atoms with Crippen LogP contribution in [0.2, 0.25) is 0 Å². The molecule has 0 spiro atoms. The van der Waals surface area contributed by atoms with Crippen molar-refractivity contribution in [1.82, 2.24) is 0 Å². The lowest BCUT2D eigenvalue weighted by atomic mass is 9.86. The minimum absolute atomic E-state index is 0.740. The topological polar surface area (TPSA) is 0 Å². The van der Waals surface area contributed by atoms with Gasteiger partial charge in [0.1, 0.15) is 0 Å². The average molecular weight is 321 g/mol. The number of aryl methyl sites for hydroxylation is 4. The van der Waals surface area contributed by atoms with E-state index in [1.807, 2.05) is 0 Å². The van der Waals surface area contributed by atoms with Crippen LogP contribution in [0.1, 0.15) is 83.4 Å². The summed E-state index contributed by atoms with van der Waals surface area (Å²) >= 11 is 0. The predicted molar refractivity (Wildman–Crippen MR) is 105 cm³/mol. The quantitative estimate of drug-likeness (QED) is 0.573. The summed E-state index contributed by atoms with van der Waals surface area (Å²) in [5.41, 5.74) is 10.7. The number of hydrogen-bond acceptors (Lipinski definition) is 0. The lowest BCUT2D eigenvalue weighted by Gasteiger charge is -2.19. The molecule has 128 valence electrons. The summed E-state index contributed by atoms with van der Waals surface area (Å²) in [6, 6.07) is 11.8. The summed E-state index contributed by atoms with van der Waals surface area (Å²) in [6.45, 7) is 11.4. The van der Waals surface area contributed by atoms with E-state index in [-0.39, 0.29) is 0 Å². The third kappa shape index (κ3) is 3.43. The standard InChI is InChI=1S/C24H32/c1-6-7-20-12-17(3)14-24(19(20)5)22-11-10-21(15-22)23-13-16(2)8-9-18(23)4/h8-9,12-14,21-22H,6-7,10-11,15H2,1-5H3. The minimum atomic E-state index is 0.740. The van der Waals surface area contributed by atoms with Crippen LogP contribution in [0.25, 0.3) is 0 Å². The fraction of sp³-hybridized carbons (Fsp3) is 0.500. The van der Waals surface area contributed by atoms with Gasteiger partial charge in [-0.25, -0.2) is 0 Å². The highest BCUT2D eigenvalue weighted by Crippen LogP contribution is 2.46. The first-order valence-corrected chi connectivity index (χ1v) is 9.66. The van der Waals surface area contributed by atoms with E-state index in [1.165, 1.54) is 48.8 Å². The Balaban J connectivity index is 1.87. The highest BCUT2D eigenvalue weighted by molar-refractivity contribution is 5.42. The molecule has 24 heavy (non-hydrogen) atoms. The Morgan fingerprint density at radius 2 is 1.50 bits per heavy atom. The maximum absolute atomic E-state index is 2.46. The Morgan fingerprint density at radius 1 is 0.833 bits per heavy atom. The molecule has 0 radical (unpaired) electrons. The van der Waals surface area contributed by atoms with Crippen LogP contribution in [0.4, 0.5) is 0 Å². The Kier molecular flexibility index (Phi) is 5.13. The monoisotopic (exact) mass is 320 g/mol. The molecule has 2 aromatic carbocycles. The molecular formula is C24H32. The van der Waals surface area contributed by atoms with Gasteiger partial charge in [0.25, 0.3) is 0 Å². The Labute approximate surface area is 148 Å². The first-order valence-electron chi connectivity index (χ1n) is 9.66. The first-order chi connectivity index (χ1) is 11.5. The van der Waals surface area contributed by atoms with Crippen LogP contribution in [0, 0.1) is 27.7 Å². The van der Waals surface area contributed by atoms with Gasteiger partial charge < -0.3 is 0 Å². The molecule has 0 bridgehead atoms. The fourth-order valence-electron chi connectivity index (χ4n) is 4.66. The maximum Gasteiger partial charge on any atom is -0.0153 e. The van der Waals surface area contributed by atoms with Crippen molar-refractivity contribution >= 4 is 0 Å². The Hall–Kier alpha value is -1.56. The molecule has 0 aliphatic heterocycles. The zero-order chi connectivity index (χ0) is 17.3. The van der Waals surface area contributed by atoms with E-state index >= 15 is 0 Å². The Bertz CT molecular complexity index is 723. The third-order valence-electron chi connectivity index (χ3n) is 5.97. The maximum atomic E-state index is 2.46. The van der Waals surface area contributed by atoms with Gasteiger partial charge in [-0.3, -0.25) is 0 Å². The van der Waals surface area contributed by atoms with E-state index in [9.17, 15) is 0 Å². The average Bonchev–Trinajstić information content (AvgIpc) is 3.02. The van der Waals surface area contributed by atoms with E-state index in [4.69, 9.17) is 0 Å². The largest absolute Gasteiger partial charge is 0.0651 e. The fourth-order valence-corrected chi connectivity index (χ4v) is 4.66. The van der Waals surface area contributed by atoms with E-state index in [0.29, 0.717) is 0 Å². The van der Waals surface area contributed by atoms with Crippen LogP contribution >= 0.6 is 0 Å². The lowest BCUT2D eigenvalue weighted by Crippen LogP contribution is -2.03. The van der Waals surface area contributed by atoms with Gasteiger partial charge in [-0.1, -0.05) is 54.8 Å². The normalized spacial score (nSPS) is 20.5. The first kappa shape index (κ1) is 17.3. The number of benzene rings is 2. The molecule has 2 atom stereocenters. The van der Waals surface area contributed by atoms with Crippen LogP contribution < -0.4 is 0 Å². The van der Waals surface area contributed by atoms with Crippen molar-refractivity contribution in [3.05, 3.63) is 69.3 Å². The van der Waals surface area contributed by atoms with Gasteiger partial charge >= 0.3 is 0 Å². The van der Waals surface area contributed by atoms with E-state index in [0.717, 1.165) is 11.8 Å². The molecule has 0 aromatic heterocycles. The zero-order valence-electron chi connectivity index (χ0n) is 16.1. The molecule has 2 unspecified atom stereocenters. The van der Waals surface area contributed by atoms with Crippen molar-refractivity contribution in [3.8, 4) is 0 Å². The van der Waals surface area contributed by atoms with Crippen LogP contribution in [0.3, 0.4) is 0 Å². The van der Waals surface area contributed by atoms with Gasteiger partial charge in [0.15, 0.2) is 0 Å². The zero-order valence-corrected chi connectivity index (χ0v) is 16.1. The highest BCUT2D eigenvalue weighted by Gasteiger charge is 2.29. The summed E-state index contributed by atoms with van der Waals surface area (Å²) in [5, 5.41) is 0. The van der Waals surface area contributed by atoms with Crippen LogP contribution in [0.15, 0.2) is 30.3 Å². The summed E-state index contributed by atoms with van der Waals surface area (Å²) < 4.78 is 0. The smallest absolute Gasteiger partial charge is 0.0153 e. The molecule has 2 aromatic rings. The highest BCUT2D eigenvalue weighted by atomic mass is 14.3. The minimum Gasteiger partial charge on any atom is -0.0651 e. The van der Waals surface area contributed by atoms with Crippen LogP contribution in [0.5, 0.6) is 0 Å². The molecule has 0 nitrogen and oxygen atoms in total. The van der Waals surface area contributed by atoms with Crippen molar-refractivity contribution < 1.29 is 0 Å². The van der Waals surface area contributed by atoms with Gasteiger partial charge in [-0.05, 0) is 93.0 Å². The predicted octanol–water partition coefficient (Wildman–Crippen LogP) is 6.92. The van der Waals surface area contributed by atoms with Gasteiger partial charge in [0.05, 0.1) is 0 Å². The summed E-state index contributed by atoms with van der Waals surface area (Å²) in [7, 11) is 0. The van der Waals surface area contributed by atoms with E-state index in [2.05, 4.69) is 65.0 Å². The van der Waals surface area contributed by atoms with Crippen molar-refractivity contribution in [3.63, 3.8) is 0 Å². The third-order valence-corrected chi connectivity index (χ3v) is 5.97. The molecule has 1 fully saturated rings. The second-order valence-electron chi connectivity index (χ2n) is 7.96. The van der Waals surface area contributed by atoms with Crippen molar-refractivity contribution in [2.24, 2.45) is 0 Å². The van der Waals surface area contributed by atoms with Gasteiger partial charge in [0.2, 0.25) is 0 Å². The van der Waals surface area contributed by atoms with Gasteiger partial charge in [0, 0.05) is 0 Å². The molecular weight excluding hydrogens is 288 g/mol. The molecule has 0 heteroatoms. The molecule has 1 aliphatic rings. The molecule has 0 amide bonds. The lowest BCUT2D eigenvalue weighted by molar-refractivity contribution is 0.677.